The molecule has 0 aromatic heterocycles. The summed E-state index contributed by atoms with van der Waals surface area (Å²) in [7, 11) is -4.07. The molecule has 1 unspecified atom stereocenters. The molecule has 0 spiro atoms. The number of hydroxylamine groups is 3. The minimum absolute atomic E-state index is 0.0367. The maximum absolute atomic E-state index is 12.4. The van der Waals surface area contributed by atoms with Crippen LogP contribution >= 0.6 is 7.75 Å². The zero-order chi connectivity index (χ0) is 17.6. The highest BCUT2D eigenvalue weighted by molar-refractivity contribution is 7.51. The predicted octanol–water partition coefficient (Wildman–Crippen LogP) is 0.965. The average Bonchev–Trinajstić information content (AvgIpc) is 2.55. The van der Waals surface area contributed by atoms with E-state index in [-0.39, 0.29) is 11.1 Å². The Bertz CT molecular complexity index is 592. The number of carbonyl (C=O) groups excluding carboxylic acids is 1. The van der Waals surface area contributed by atoms with Gasteiger partial charge in [-0.3, -0.25) is 0 Å². The molecule has 1 aliphatic rings. The maximum atomic E-state index is 12.4. The zero-order valence-corrected chi connectivity index (χ0v) is 14.7. The molecule has 1 heterocycles. The molecule has 0 bridgehead atoms. The highest BCUT2D eigenvalue weighted by Crippen LogP contribution is 2.43. The Hall–Kier alpha value is -1.28. The Morgan fingerprint density at radius 1 is 1.33 bits per heavy atom. The molecule has 1 aromatic rings. The molecule has 1 aromatic carbocycles. The maximum Gasteiger partial charge on any atom is 0.504 e. The summed E-state index contributed by atoms with van der Waals surface area (Å²) in [6, 6.07) is 8.28. The van der Waals surface area contributed by atoms with Crippen LogP contribution in [-0.2, 0) is 29.7 Å². The first-order valence-corrected chi connectivity index (χ1v) is 9.54. The third kappa shape index (κ3) is 5.37. The molecule has 1 fully saturated rings. The second-order valence-electron chi connectivity index (χ2n) is 5.76. The summed E-state index contributed by atoms with van der Waals surface area (Å²) in [5.41, 5.74) is 12.3. The fraction of sp³-hybridized carbons (Fsp3) is 0.533. The van der Waals surface area contributed by atoms with Gasteiger partial charge in [0, 0.05) is 0 Å². The molecular weight excluding hydrogens is 333 g/mol. The van der Waals surface area contributed by atoms with Crippen LogP contribution in [0.4, 0.5) is 0 Å². The summed E-state index contributed by atoms with van der Waals surface area (Å²) >= 11 is 0. The number of likely N-dealkylation sites (N-methyl/N-ethyl adjacent to an activating group) is 1. The van der Waals surface area contributed by atoms with E-state index < -0.39 is 19.8 Å². The number of carbonyl (C=O) groups is 1. The van der Waals surface area contributed by atoms with Gasteiger partial charge in [0.1, 0.15) is 25.7 Å². The van der Waals surface area contributed by atoms with E-state index in [9.17, 15) is 9.36 Å². The van der Waals surface area contributed by atoms with Gasteiger partial charge in [-0.1, -0.05) is 35.0 Å². The number of morpholine rings is 1. The number of nitrogens with zero attached hydrogens (tertiary/aromatic N) is 1. The second kappa shape index (κ2) is 8.20. The van der Waals surface area contributed by atoms with E-state index in [1.54, 1.807) is 0 Å². The number of hydrogen-bond donors (Lipinski definition) is 2. The summed E-state index contributed by atoms with van der Waals surface area (Å²) in [6.07, 6.45) is 0.265. The van der Waals surface area contributed by atoms with Crippen molar-refractivity contribution in [1.29, 1.82) is 0 Å². The number of nitrogens with two attached hydrogens (primary N) is 2. The molecular formula is C15H25N3O5P+. The van der Waals surface area contributed by atoms with Crippen molar-refractivity contribution < 1.29 is 27.9 Å². The van der Waals surface area contributed by atoms with Gasteiger partial charge in [0.05, 0.1) is 13.2 Å². The van der Waals surface area contributed by atoms with Gasteiger partial charge in [-0.15, -0.1) is 0 Å². The third-order valence-electron chi connectivity index (χ3n) is 3.97. The lowest BCUT2D eigenvalue weighted by Crippen LogP contribution is -2.54. The molecule has 0 aliphatic carbocycles. The summed E-state index contributed by atoms with van der Waals surface area (Å²) in [5.74, 6) is -0.841. The predicted molar refractivity (Wildman–Crippen MR) is 88.4 cm³/mol. The van der Waals surface area contributed by atoms with Crippen molar-refractivity contribution in [2.75, 3.05) is 32.8 Å². The van der Waals surface area contributed by atoms with Gasteiger partial charge >= 0.3 is 13.7 Å². The Balaban J connectivity index is 1.94. The fourth-order valence-electron chi connectivity index (χ4n) is 2.53. The largest absolute Gasteiger partial charge is 0.504 e. The molecule has 4 N–H and O–H groups in total. The summed E-state index contributed by atoms with van der Waals surface area (Å²) in [4.78, 5) is 12.1. The lowest BCUT2D eigenvalue weighted by Gasteiger charge is -2.37. The third-order valence-corrected chi connectivity index (χ3v) is 4.98. The molecule has 1 saturated heterocycles. The summed E-state index contributed by atoms with van der Waals surface area (Å²) in [6.45, 7) is 4.34. The SMILES string of the molecule is CC[N+]1(OP(N)(=O)OC(=O)[C@@H](N)Cc2ccccc2)CCOCC1. The lowest BCUT2D eigenvalue weighted by molar-refractivity contribution is -1.09. The summed E-state index contributed by atoms with van der Waals surface area (Å²) in [5, 5.41) is 0. The van der Waals surface area contributed by atoms with Crippen LogP contribution < -0.4 is 11.2 Å². The van der Waals surface area contributed by atoms with Crippen LogP contribution in [0.2, 0.25) is 0 Å². The van der Waals surface area contributed by atoms with E-state index >= 15 is 0 Å². The van der Waals surface area contributed by atoms with E-state index in [1.807, 2.05) is 37.3 Å². The minimum Gasteiger partial charge on any atom is -0.376 e. The van der Waals surface area contributed by atoms with Crippen LogP contribution in [0.5, 0.6) is 0 Å². The van der Waals surface area contributed by atoms with Crippen LogP contribution in [0.15, 0.2) is 30.3 Å². The van der Waals surface area contributed by atoms with E-state index in [0.717, 1.165) is 5.56 Å². The quantitative estimate of drug-likeness (QED) is 0.551. The molecule has 8 nitrogen and oxygen atoms in total. The average molecular weight is 358 g/mol. The molecule has 0 radical (unpaired) electrons. The monoisotopic (exact) mass is 358 g/mol. The van der Waals surface area contributed by atoms with Crippen LogP contribution in [0.25, 0.3) is 0 Å². The zero-order valence-electron chi connectivity index (χ0n) is 13.8. The normalized spacial score (nSPS) is 20.8. The van der Waals surface area contributed by atoms with Crippen LogP contribution in [0.3, 0.4) is 0 Å². The van der Waals surface area contributed by atoms with Gasteiger partial charge in [0.15, 0.2) is 0 Å². The van der Waals surface area contributed by atoms with Crippen molar-refractivity contribution in [3.63, 3.8) is 0 Å². The number of hydrogen-bond acceptors (Lipinski definition) is 6. The first-order valence-electron chi connectivity index (χ1n) is 7.92. The number of ether oxygens (including phenoxy) is 1. The van der Waals surface area contributed by atoms with Crippen LogP contribution in [-0.4, -0.2) is 49.5 Å². The highest BCUT2D eigenvalue weighted by Gasteiger charge is 2.41. The van der Waals surface area contributed by atoms with Gasteiger partial charge < -0.3 is 15.0 Å². The second-order valence-corrected chi connectivity index (χ2v) is 7.19. The Morgan fingerprint density at radius 3 is 2.54 bits per heavy atom. The van der Waals surface area contributed by atoms with Crippen molar-refractivity contribution in [2.24, 2.45) is 11.2 Å². The molecule has 24 heavy (non-hydrogen) atoms. The Labute approximate surface area is 141 Å². The number of rotatable bonds is 7. The first kappa shape index (κ1) is 19.1. The highest BCUT2D eigenvalue weighted by atomic mass is 31.2. The summed E-state index contributed by atoms with van der Waals surface area (Å²) < 4.78 is 28.1. The lowest BCUT2D eigenvalue weighted by atomic mass is 10.1. The molecule has 2 rings (SSSR count). The van der Waals surface area contributed by atoms with E-state index in [0.29, 0.717) is 32.8 Å². The van der Waals surface area contributed by atoms with Crippen LogP contribution in [0.1, 0.15) is 12.5 Å². The van der Waals surface area contributed by atoms with Gasteiger partial charge in [-0.2, -0.15) is 4.65 Å². The van der Waals surface area contributed by atoms with Gasteiger partial charge in [-0.05, 0) is 18.9 Å². The van der Waals surface area contributed by atoms with Gasteiger partial charge in [-0.25, -0.2) is 14.9 Å². The molecule has 1 aliphatic heterocycles. The number of benzene rings is 1. The van der Waals surface area contributed by atoms with Gasteiger partial charge in [0.2, 0.25) is 0 Å². The molecule has 0 saturated carbocycles. The van der Waals surface area contributed by atoms with Crippen LogP contribution in [0, 0.1) is 0 Å². The van der Waals surface area contributed by atoms with Gasteiger partial charge in [0.25, 0.3) is 0 Å². The fourth-order valence-corrected chi connectivity index (χ4v) is 3.72. The smallest absolute Gasteiger partial charge is 0.376 e. The van der Waals surface area contributed by atoms with Crippen molar-refractivity contribution in [3.8, 4) is 0 Å². The Morgan fingerprint density at radius 2 is 1.96 bits per heavy atom. The molecule has 2 atom stereocenters. The van der Waals surface area contributed by atoms with E-state index in [1.165, 1.54) is 0 Å². The standard InChI is InChI=1S/C15H25N3O5P/c1-2-18(8-10-21-11-9-18)23-24(17,20)22-15(19)14(16)12-13-6-4-3-5-7-13/h3-7,14H,2,8-12,16H2,1H3,(H2,17,20)/q+1/t14-,24?/m0/s1. The Kier molecular flexibility index (Phi) is 6.51. The van der Waals surface area contributed by atoms with E-state index in [4.69, 9.17) is 25.1 Å². The minimum atomic E-state index is -4.07. The topological polar surface area (TPSA) is 114 Å². The molecule has 134 valence electrons. The van der Waals surface area contributed by atoms with Crippen molar-refractivity contribution >= 4 is 13.7 Å². The van der Waals surface area contributed by atoms with Crippen molar-refractivity contribution in [2.45, 2.75) is 19.4 Å². The van der Waals surface area contributed by atoms with E-state index in [2.05, 4.69) is 0 Å². The molecule has 0 amide bonds. The molecule has 9 heteroatoms. The van der Waals surface area contributed by atoms with Crippen molar-refractivity contribution in [1.82, 2.24) is 0 Å². The number of quaternary nitrogens is 1. The van der Waals surface area contributed by atoms with Crippen molar-refractivity contribution in [3.05, 3.63) is 35.9 Å². The first-order chi connectivity index (χ1) is 11.4.